The van der Waals surface area contributed by atoms with Gasteiger partial charge in [0.15, 0.2) is 0 Å². The molecule has 0 unspecified atom stereocenters. The minimum atomic E-state index is -0.152. The SMILES string of the molecule is COc1cccc(C(=O)NCc2ncc[nH]2)c1. The Bertz CT molecular complexity index is 494. The third-order valence-corrected chi connectivity index (χ3v) is 2.30. The summed E-state index contributed by atoms with van der Waals surface area (Å²) in [6.07, 6.45) is 3.36. The van der Waals surface area contributed by atoms with E-state index in [1.165, 1.54) is 0 Å². The number of ether oxygens (including phenoxy) is 1. The first-order valence-electron chi connectivity index (χ1n) is 5.20. The lowest BCUT2D eigenvalue weighted by Gasteiger charge is -2.05. The topological polar surface area (TPSA) is 67.0 Å². The number of methoxy groups -OCH3 is 1. The van der Waals surface area contributed by atoms with Gasteiger partial charge in [-0.05, 0) is 18.2 Å². The van der Waals surface area contributed by atoms with Gasteiger partial charge < -0.3 is 15.0 Å². The van der Waals surface area contributed by atoms with Crippen LogP contribution in [0.2, 0.25) is 0 Å². The number of rotatable bonds is 4. The van der Waals surface area contributed by atoms with E-state index in [-0.39, 0.29) is 5.91 Å². The standard InChI is InChI=1S/C12H13N3O2/c1-17-10-4-2-3-9(7-10)12(16)15-8-11-13-5-6-14-11/h2-7H,8H2,1H3,(H,13,14)(H,15,16). The summed E-state index contributed by atoms with van der Waals surface area (Å²) in [6, 6.07) is 7.00. The van der Waals surface area contributed by atoms with Crippen LogP contribution in [0.3, 0.4) is 0 Å². The van der Waals surface area contributed by atoms with Crippen LogP contribution in [0.5, 0.6) is 5.75 Å². The normalized spacial score (nSPS) is 9.94. The number of hydrogen-bond acceptors (Lipinski definition) is 3. The molecule has 1 amide bonds. The first-order valence-corrected chi connectivity index (χ1v) is 5.20. The highest BCUT2D eigenvalue weighted by Gasteiger charge is 2.06. The Balaban J connectivity index is 1.99. The largest absolute Gasteiger partial charge is 0.497 e. The molecule has 0 aliphatic heterocycles. The first kappa shape index (κ1) is 11.2. The number of amides is 1. The van der Waals surface area contributed by atoms with Crippen LogP contribution in [-0.4, -0.2) is 23.0 Å². The highest BCUT2D eigenvalue weighted by Crippen LogP contribution is 2.12. The summed E-state index contributed by atoms with van der Waals surface area (Å²) in [5, 5.41) is 2.76. The average molecular weight is 231 g/mol. The second-order valence-electron chi connectivity index (χ2n) is 3.45. The summed E-state index contributed by atoms with van der Waals surface area (Å²) in [6.45, 7) is 0.378. The quantitative estimate of drug-likeness (QED) is 0.834. The highest BCUT2D eigenvalue weighted by molar-refractivity contribution is 5.94. The van der Waals surface area contributed by atoms with Crippen molar-refractivity contribution in [1.82, 2.24) is 15.3 Å². The highest BCUT2D eigenvalue weighted by atomic mass is 16.5. The van der Waals surface area contributed by atoms with E-state index in [0.717, 1.165) is 5.82 Å². The lowest BCUT2D eigenvalue weighted by Crippen LogP contribution is -2.23. The predicted molar refractivity (Wildman–Crippen MR) is 62.8 cm³/mol. The maximum Gasteiger partial charge on any atom is 0.251 e. The number of imidazole rings is 1. The van der Waals surface area contributed by atoms with Crippen molar-refractivity contribution in [2.24, 2.45) is 0 Å². The molecule has 1 aromatic heterocycles. The Hall–Kier alpha value is -2.30. The second kappa shape index (κ2) is 5.16. The summed E-state index contributed by atoms with van der Waals surface area (Å²) in [7, 11) is 1.57. The van der Waals surface area contributed by atoms with Crippen molar-refractivity contribution in [2.45, 2.75) is 6.54 Å². The predicted octanol–water partition coefficient (Wildman–Crippen LogP) is 1.35. The van der Waals surface area contributed by atoms with Crippen LogP contribution in [0.15, 0.2) is 36.7 Å². The van der Waals surface area contributed by atoms with Gasteiger partial charge in [-0.2, -0.15) is 0 Å². The Morgan fingerprint density at radius 1 is 1.53 bits per heavy atom. The smallest absolute Gasteiger partial charge is 0.251 e. The Labute approximate surface area is 98.8 Å². The molecular formula is C12H13N3O2. The first-order chi connectivity index (χ1) is 8.29. The summed E-state index contributed by atoms with van der Waals surface area (Å²) in [4.78, 5) is 18.7. The minimum Gasteiger partial charge on any atom is -0.497 e. The van der Waals surface area contributed by atoms with Gasteiger partial charge in [0.25, 0.3) is 5.91 Å². The second-order valence-corrected chi connectivity index (χ2v) is 3.45. The van der Waals surface area contributed by atoms with Gasteiger partial charge in [-0.25, -0.2) is 4.98 Å². The van der Waals surface area contributed by atoms with E-state index in [1.807, 2.05) is 0 Å². The number of nitrogens with zero attached hydrogens (tertiary/aromatic N) is 1. The van der Waals surface area contributed by atoms with Gasteiger partial charge in [-0.1, -0.05) is 6.07 Å². The zero-order valence-corrected chi connectivity index (χ0v) is 9.43. The van der Waals surface area contributed by atoms with Gasteiger partial charge >= 0.3 is 0 Å². The van der Waals surface area contributed by atoms with Gasteiger partial charge in [0.1, 0.15) is 11.6 Å². The van der Waals surface area contributed by atoms with E-state index in [9.17, 15) is 4.79 Å². The van der Waals surface area contributed by atoms with E-state index in [1.54, 1.807) is 43.8 Å². The van der Waals surface area contributed by atoms with E-state index in [0.29, 0.717) is 17.9 Å². The van der Waals surface area contributed by atoms with Crippen molar-refractivity contribution in [3.05, 3.63) is 48.0 Å². The minimum absolute atomic E-state index is 0.152. The van der Waals surface area contributed by atoms with Crippen LogP contribution in [0.4, 0.5) is 0 Å². The fourth-order valence-corrected chi connectivity index (χ4v) is 1.43. The summed E-state index contributed by atoms with van der Waals surface area (Å²) in [5.41, 5.74) is 0.566. The number of hydrogen-bond donors (Lipinski definition) is 2. The van der Waals surface area contributed by atoms with Crippen LogP contribution < -0.4 is 10.1 Å². The van der Waals surface area contributed by atoms with Crippen molar-refractivity contribution in [3.8, 4) is 5.75 Å². The zero-order valence-electron chi connectivity index (χ0n) is 9.43. The molecule has 1 aromatic carbocycles. The Morgan fingerprint density at radius 2 is 2.41 bits per heavy atom. The number of aromatic nitrogens is 2. The molecule has 5 heteroatoms. The number of carbonyl (C=O) groups excluding carboxylic acids is 1. The van der Waals surface area contributed by atoms with Crippen molar-refractivity contribution in [2.75, 3.05) is 7.11 Å². The van der Waals surface area contributed by atoms with Crippen molar-refractivity contribution >= 4 is 5.91 Å². The van der Waals surface area contributed by atoms with E-state index < -0.39 is 0 Å². The molecule has 0 atom stereocenters. The fraction of sp³-hybridized carbons (Fsp3) is 0.167. The van der Waals surface area contributed by atoms with Gasteiger partial charge in [0.05, 0.1) is 13.7 Å². The molecule has 2 N–H and O–H groups in total. The molecule has 5 nitrogen and oxygen atoms in total. The molecule has 0 fully saturated rings. The molecule has 0 aliphatic rings. The van der Waals surface area contributed by atoms with Crippen molar-refractivity contribution < 1.29 is 9.53 Å². The third kappa shape index (κ3) is 2.84. The maximum atomic E-state index is 11.8. The Morgan fingerprint density at radius 3 is 3.12 bits per heavy atom. The zero-order chi connectivity index (χ0) is 12.1. The number of aromatic amines is 1. The maximum absolute atomic E-state index is 11.8. The monoisotopic (exact) mass is 231 g/mol. The third-order valence-electron chi connectivity index (χ3n) is 2.30. The van der Waals surface area contributed by atoms with Crippen LogP contribution in [0, 0.1) is 0 Å². The molecule has 0 aliphatic carbocycles. The van der Waals surface area contributed by atoms with Gasteiger partial charge in [0, 0.05) is 18.0 Å². The molecule has 0 saturated heterocycles. The molecule has 0 spiro atoms. The summed E-state index contributed by atoms with van der Waals surface area (Å²) >= 11 is 0. The molecule has 88 valence electrons. The van der Waals surface area contributed by atoms with Crippen molar-refractivity contribution in [3.63, 3.8) is 0 Å². The Kier molecular flexibility index (Phi) is 3.40. The van der Waals surface area contributed by atoms with Gasteiger partial charge in [-0.3, -0.25) is 4.79 Å². The van der Waals surface area contributed by atoms with Crippen LogP contribution in [0.25, 0.3) is 0 Å². The molecular weight excluding hydrogens is 218 g/mol. The van der Waals surface area contributed by atoms with E-state index >= 15 is 0 Å². The summed E-state index contributed by atoms with van der Waals surface area (Å²) < 4.78 is 5.06. The molecule has 17 heavy (non-hydrogen) atoms. The number of benzene rings is 1. The van der Waals surface area contributed by atoms with Gasteiger partial charge in [-0.15, -0.1) is 0 Å². The average Bonchev–Trinajstić information content (AvgIpc) is 2.89. The van der Waals surface area contributed by atoms with E-state index in [4.69, 9.17) is 4.74 Å². The number of carbonyl (C=O) groups is 1. The molecule has 1 heterocycles. The number of nitrogens with one attached hydrogen (secondary N) is 2. The molecule has 0 saturated carbocycles. The lowest BCUT2D eigenvalue weighted by atomic mass is 10.2. The van der Waals surface area contributed by atoms with Crippen LogP contribution in [-0.2, 0) is 6.54 Å². The van der Waals surface area contributed by atoms with Crippen LogP contribution in [0.1, 0.15) is 16.2 Å². The van der Waals surface area contributed by atoms with Gasteiger partial charge in [0.2, 0.25) is 0 Å². The lowest BCUT2D eigenvalue weighted by molar-refractivity contribution is 0.0949. The van der Waals surface area contributed by atoms with E-state index in [2.05, 4.69) is 15.3 Å². The molecule has 2 rings (SSSR count). The van der Waals surface area contributed by atoms with Crippen LogP contribution >= 0.6 is 0 Å². The molecule has 0 bridgehead atoms. The molecule has 0 radical (unpaired) electrons. The van der Waals surface area contributed by atoms with Crippen molar-refractivity contribution in [1.29, 1.82) is 0 Å². The number of H-pyrrole nitrogens is 1. The molecule has 2 aromatic rings. The summed E-state index contributed by atoms with van der Waals surface area (Å²) in [5.74, 6) is 1.23. The fourth-order valence-electron chi connectivity index (χ4n) is 1.43.